The summed E-state index contributed by atoms with van der Waals surface area (Å²) in [5.41, 5.74) is 0. The number of hydrogen-bond acceptors (Lipinski definition) is 2. The van der Waals surface area contributed by atoms with Gasteiger partial charge in [-0.1, -0.05) is 0 Å². The SMILES string of the molecule is [3H]C(=O)NCC1CCCN1. The van der Waals surface area contributed by atoms with Crippen molar-refractivity contribution in [1.29, 1.82) is 0 Å². The van der Waals surface area contributed by atoms with Crippen LogP contribution in [-0.2, 0) is 4.79 Å². The van der Waals surface area contributed by atoms with Crippen LogP contribution in [0.1, 0.15) is 14.2 Å². The minimum absolute atomic E-state index is 0.397. The number of carbonyl (C=O) groups excluding carboxylic acids is 1. The number of rotatable bonds is 2. The molecular weight excluding hydrogens is 116 g/mol. The molecule has 9 heavy (non-hydrogen) atoms. The maximum absolute atomic E-state index is 10.1. The first kappa shape index (κ1) is 5.23. The van der Waals surface area contributed by atoms with E-state index in [1.165, 1.54) is 6.42 Å². The van der Waals surface area contributed by atoms with Gasteiger partial charge in [0.1, 0.15) is 1.37 Å². The summed E-state index contributed by atoms with van der Waals surface area (Å²) in [6.45, 7) is 1.64. The Hall–Kier alpha value is -0.570. The second-order valence-corrected chi connectivity index (χ2v) is 2.28. The fourth-order valence-corrected chi connectivity index (χ4v) is 1.10. The minimum Gasteiger partial charge on any atom is -0.357 e. The lowest BCUT2D eigenvalue weighted by Crippen LogP contribution is -2.33. The molecule has 0 aromatic rings. The minimum atomic E-state index is -0.686. The Morgan fingerprint density at radius 1 is 2.00 bits per heavy atom. The maximum Gasteiger partial charge on any atom is 0.207 e. The molecule has 0 aromatic carbocycles. The van der Waals surface area contributed by atoms with Gasteiger partial charge in [-0.3, -0.25) is 4.79 Å². The van der Waals surface area contributed by atoms with Crippen molar-refractivity contribution in [2.75, 3.05) is 13.1 Å². The van der Waals surface area contributed by atoms with Crippen molar-refractivity contribution in [3.8, 4) is 0 Å². The van der Waals surface area contributed by atoms with Crippen LogP contribution in [0.4, 0.5) is 0 Å². The van der Waals surface area contributed by atoms with Crippen LogP contribution < -0.4 is 10.6 Å². The van der Waals surface area contributed by atoms with E-state index < -0.39 is 6.39 Å². The molecule has 52 valence electrons. The largest absolute Gasteiger partial charge is 0.357 e. The van der Waals surface area contributed by atoms with E-state index in [4.69, 9.17) is 1.37 Å². The van der Waals surface area contributed by atoms with Crippen molar-refractivity contribution in [3.05, 3.63) is 0 Å². The molecule has 1 fully saturated rings. The van der Waals surface area contributed by atoms with E-state index in [1.54, 1.807) is 0 Å². The van der Waals surface area contributed by atoms with E-state index in [9.17, 15) is 4.79 Å². The molecule has 2 N–H and O–H groups in total. The normalized spacial score (nSPS) is 27.6. The van der Waals surface area contributed by atoms with Crippen LogP contribution in [0.5, 0.6) is 0 Å². The van der Waals surface area contributed by atoms with Crippen molar-refractivity contribution >= 4 is 6.39 Å². The van der Waals surface area contributed by atoms with Gasteiger partial charge in [0.25, 0.3) is 0 Å². The van der Waals surface area contributed by atoms with Crippen LogP contribution in [0.15, 0.2) is 0 Å². The van der Waals surface area contributed by atoms with E-state index in [2.05, 4.69) is 10.6 Å². The zero-order valence-corrected chi connectivity index (χ0v) is 5.31. The topological polar surface area (TPSA) is 41.1 Å². The fraction of sp³-hybridized carbons (Fsp3) is 0.833. The van der Waals surface area contributed by atoms with Crippen molar-refractivity contribution in [1.82, 2.24) is 10.6 Å². The van der Waals surface area contributed by atoms with E-state index in [-0.39, 0.29) is 0 Å². The smallest absolute Gasteiger partial charge is 0.207 e. The van der Waals surface area contributed by atoms with E-state index in [0.29, 0.717) is 12.6 Å². The standard InChI is InChI=1S/C6H12N2O/c9-5-7-4-6-2-1-3-8-6/h5-6,8H,1-4H2,(H,7,9)/i5T. The van der Waals surface area contributed by atoms with E-state index in [0.717, 1.165) is 13.0 Å². The van der Waals surface area contributed by atoms with Gasteiger partial charge >= 0.3 is 0 Å². The lowest BCUT2D eigenvalue weighted by Gasteiger charge is -2.06. The summed E-state index contributed by atoms with van der Waals surface area (Å²) >= 11 is 0. The van der Waals surface area contributed by atoms with Gasteiger partial charge < -0.3 is 10.6 Å². The van der Waals surface area contributed by atoms with Crippen molar-refractivity contribution in [2.45, 2.75) is 18.9 Å². The van der Waals surface area contributed by atoms with Gasteiger partial charge in [-0.25, -0.2) is 0 Å². The van der Waals surface area contributed by atoms with Gasteiger partial charge in [-0.15, -0.1) is 0 Å². The second kappa shape index (κ2) is 3.45. The summed E-state index contributed by atoms with van der Waals surface area (Å²) < 4.78 is 6.56. The van der Waals surface area contributed by atoms with E-state index in [1.807, 2.05) is 0 Å². The highest BCUT2D eigenvalue weighted by molar-refractivity contribution is 5.45. The third kappa shape index (κ3) is 2.01. The first-order chi connectivity index (χ1) is 4.79. The van der Waals surface area contributed by atoms with Crippen LogP contribution >= 0.6 is 0 Å². The molecule has 1 heterocycles. The molecule has 1 atom stereocenters. The summed E-state index contributed by atoms with van der Waals surface area (Å²) in [6.07, 6.45) is 1.60. The molecule has 3 heteroatoms. The van der Waals surface area contributed by atoms with Gasteiger partial charge in [0.15, 0.2) is 0 Å². The van der Waals surface area contributed by atoms with Crippen LogP contribution in [0.3, 0.4) is 0 Å². The summed E-state index contributed by atoms with van der Waals surface area (Å²) in [6, 6.07) is 0.397. The van der Waals surface area contributed by atoms with Crippen molar-refractivity contribution in [2.24, 2.45) is 0 Å². The highest BCUT2D eigenvalue weighted by atomic mass is 16.1. The molecule has 0 saturated carbocycles. The highest BCUT2D eigenvalue weighted by Crippen LogP contribution is 2.02. The fourth-order valence-electron chi connectivity index (χ4n) is 1.10. The number of carbonyl (C=O) groups is 1. The lowest BCUT2D eigenvalue weighted by atomic mass is 10.2. The van der Waals surface area contributed by atoms with E-state index >= 15 is 0 Å². The molecule has 0 bridgehead atoms. The monoisotopic (exact) mass is 130 g/mol. The predicted molar refractivity (Wildman–Crippen MR) is 35.1 cm³/mol. The predicted octanol–water partition coefficient (Wildman–Crippen LogP) is -0.516. The Morgan fingerprint density at radius 3 is 3.44 bits per heavy atom. The molecule has 3 nitrogen and oxygen atoms in total. The molecule has 1 unspecified atom stereocenters. The third-order valence-electron chi connectivity index (χ3n) is 1.58. The molecule has 1 saturated heterocycles. The van der Waals surface area contributed by atoms with Gasteiger partial charge in [0.05, 0.1) is 0 Å². The first-order valence-electron chi connectivity index (χ1n) is 3.77. The van der Waals surface area contributed by atoms with Crippen molar-refractivity contribution < 1.29 is 6.17 Å². The number of nitrogens with one attached hydrogen (secondary N) is 2. The molecule has 0 aromatic heterocycles. The van der Waals surface area contributed by atoms with Crippen molar-refractivity contribution in [3.63, 3.8) is 0 Å². The van der Waals surface area contributed by atoms with Gasteiger partial charge in [-0.2, -0.15) is 0 Å². The Labute approximate surface area is 56.2 Å². The zero-order chi connectivity index (χ0) is 7.40. The molecule has 1 rings (SSSR count). The molecule has 0 spiro atoms. The summed E-state index contributed by atoms with van der Waals surface area (Å²) in [4.78, 5) is 10.1. The summed E-state index contributed by atoms with van der Waals surface area (Å²) in [7, 11) is 0. The van der Waals surface area contributed by atoms with Gasteiger partial charge in [-0.05, 0) is 19.4 Å². The molecular formula is C6H12N2O. The maximum atomic E-state index is 10.1. The molecule has 1 aliphatic heterocycles. The third-order valence-corrected chi connectivity index (χ3v) is 1.58. The molecule has 0 radical (unpaired) electrons. The Bertz CT molecular complexity index is 123. The highest BCUT2D eigenvalue weighted by Gasteiger charge is 2.11. The quantitative estimate of drug-likeness (QED) is 0.494. The number of amides is 1. The van der Waals surface area contributed by atoms with Crippen LogP contribution in [0, 0.1) is 0 Å². The summed E-state index contributed by atoms with van der Waals surface area (Å²) in [5, 5.41) is 5.67. The molecule has 1 aliphatic rings. The average Bonchev–Trinajstić information content (AvgIpc) is 2.34. The molecule has 1 amide bonds. The Balaban J connectivity index is 2.07. The number of hydrogen-bond donors (Lipinski definition) is 2. The first-order valence-corrected chi connectivity index (χ1v) is 3.27. The molecule has 0 aliphatic carbocycles. The Morgan fingerprint density at radius 2 is 2.89 bits per heavy atom. The van der Waals surface area contributed by atoms with Gasteiger partial charge in [0, 0.05) is 12.6 Å². The Kier molecular flexibility index (Phi) is 2.01. The zero-order valence-electron chi connectivity index (χ0n) is 6.31. The summed E-state index contributed by atoms with van der Waals surface area (Å²) in [5.74, 6) is 0. The van der Waals surface area contributed by atoms with Gasteiger partial charge in [0.2, 0.25) is 6.39 Å². The second-order valence-electron chi connectivity index (χ2n) is 2.28. The van der Waals surface area contributed by atoms with Crippen LogP contribution in [-0.4, -0.2) is 25.5 Å². The lowest BCUT2D eigenvalue weighted by molar-refractivity contribution is -0.109. The average molecular weight is 130 g/mol. The van der Waals surface area contributed by atoms with Crippen LogP contribution in [0.2, 0.25) is 0 Å². The van der Waals surface area contributed by atoms with Crippen LogP contribution in [0.25, 0.3) is 0 Å².